The van der Waals surface area contributed by atoms with Crippen molar-refractivity contribution in [3.05, 3.63) is 0 Å². The Morgan fingerprint density at radius 2 is 2.40 bits per heavy atom. The second-order valence-corrected chi connectivity index (χ2v) is 4.29. The summed E-state index contributed by atoms with van der Waals surface area (Å²) in [6.45, 7) is 3.30. The zero-order valence-electron chi connectivity index (χ0n) is 6.71. The van der Waals surface area contributed by atoms with Crippen LogP contribution in [-0.2, 0) is 0 Å². The highest BCUT2D eigenvalue weighted by molar-refractivity contribution is 8.00. The fraction of sp³-hybridized carbons (Fsp3) is 1.00. The monoisotopic (exact) mass is 159 g/mol. The number of hydrogen-bond acceptors (Lipinski definition) is 2. The van der Waals surface area contributed by atoms with E-state index in [2.05, 4.69) is 36.1 Å². The van der Waals surface area contributed by atoms with Crippen LogP contribution in [-0.4, -0.2) is 49.6 Å². The molecule has 0 aromatic carbocycles. The van der Waals surface area contributed by atoms with Gasteiger partial charge in [-0.1, -0.05) is 0 Å². The molecular formula is C7H15N2S. The van der Waals surface area contributed by atoms with E-state index in [1.807, 2.05) is 0 Å². The number of nitrogens with zero attached hydrogens (tertiary/aromatic N) is 2. The second kappa shape index (κ2) is 4.21. The molecule has 1 rings (SSSR count). The SMILES string of the molecule is CN(C)CC1C[N]CCS1. The normalized spacial score (nSPS) is 27.3. The van der Waals surface area contributed by atoms with Crippen molar-refractivity contribution in [3.63, 3.8) is 0 Å². The fourth-order valence-electron chi connectivity index (χ4n) is 1.09. The molecule has 0 N–H and O–H groups in total. The lowest BCUT2D eigenvalue weighted by atomic mass is 10.4. The van der Waals surface area contributed by atoms with Gasteiger partial charge in [-0.25, -0.2) is 5.32 Å². The van der Waals surface area contributed by atoms with Gasteiger partial charge in [0.05, 0.1) is 0 Å². The molecule has 59 valence electrons. The third-order valence-corrected chi connectivity index (χ3v) is 2.69. The van der Waals surface area contributed by atoms with E-state index < -0.39 is 0 Å². The molecule has 1 aliphatic heterocycles. The van der Waals surface area contributed by atoms with Crippen LogP contribution in [0.3, 0.4) is 0 Å². The van der Waals surface area contributed by atoms with Crippen molar-refractivity contribution < 1.29 is 0 Å². The summed E-state index contributed by atoms with van der Waals surface area (Å²) in [5, 5.41) is 5.12. The molecule has 1 saturated heterocycles. The topological polar surface area (TPSA) is 17.3 Å². The zero-order chi connectivity index (χ0) is 7.40. The predicted octanol–water partition coefficient (Wildman–Crippen LogP) is 0.268. The number of hydrogen-bond donors (Lipinski definition) is 0. The van der Waals surface area contributed by atoms with Gasteiger partial charge >= 0.3 is 0 Å². The Labute approximate surface area is 67.4 Å². The van der Waals surface area contributed by atoms with Gasteiger partial charge in [-0.15, -0.1) is 0 Å². The molecule has 0 amide bonds. The molecule has 10 heavy (non-hydrogen) atoms. The molecule has 1 unspecified atom stereocenters. The van der Waals surface area contributed by atoms with Gasteiger partial charge < -0.3 is 4.90 Å². The van der Waals surface area contributed by atoms with Crippen LogP contribution in [0.15, 0.2) is 0 Å². The first-order valence-electron chi connectivity index (χ1n) is 3.68. The Hall–Kier alpha value is 0.270. The lowest BCUT2D eigenvalue weighted by Gasteiger charge is -2.23. The van der Waals surface area contributed by atoms with E-state index in [1.165, 1.54) is 12.3 Å². The van der Waals surface area contributed by atoms with Gasteiger partial charge in [-0.05, 0) is 14.1 Å². The van der Waals surface area contributed by atoms with Gasteiger partial charge in [0.25, 0.3) is 0 Å². The summed E-state index contributed by atoms with van der Waals surface area (Å²) in [4.78, 5) is 2.23. The first-order valence-corrected chi connectivity index (χ1v) is 4.73. The van der Waals surface area contributed by atoms with E-state index in [4.69, 9.17) is 0 Å². The van der Waals surface area contributed by atoms with Crippen molar-refractivity contribution in [3.8, 4) is 0 Å². The van der Waals surface area contributed by atoms with Gasteiger partial charge in [0.15, 0.2) is 0 Å². The van der Waals surface area contributed by atoms with Gasteiger partial charge in [-0.2, -0.15) is 11.8 Å². The van der Waals surface area contributed by atoms with Crippen LogP contribution in [0.2, 0.25) is 0 Å². The van der Waals surface area contributed by atoms with Crippen molar-refractivity contribution >= 4 is 11.8 Å². The van der Waals surface area contributed by atoms with E-state index in [-0.39, 0.29) is 0 Å². The predicted molar refractivity (Wildman–Crippen MR) is 46.7 cm³/mol. The molecule has 0 aromatic rings. The Morgan fingerprint density at radius 1 is 1.60 bits per heavy atom. The molecule has 1 heterocycles. The first-order chi connectivity index (χ1) is 4.79. The van der Waals surface area contributed by atoms with Crippen molar-refractivity contribution in [2.45, 2.75) is 5.25 Å². The summed E-state index contributed by atoms with van der Waals surface area (Å²) in [6.07, 6.45) is 0. The molecular weight excluding hydrogens is 144 g/mol. The van der Waals surface area contributed by atoms with Crippen LogP contribution in [0.4, 0.5) is 0 Å². The molecule has 1 aliphatic rings. The van der Waals surface area contributed by atoms with Crippen molar-refractivity contribution in [2.75, 3.05) is 39.5 Å². The molecule has 0 saturated carbocycles. The van der Waals surface area contributed by atoms with Crippen molar-refractivity contribution in [2.24, 2.45) is 0 Å². The van der Waals surface area contributed by atoms with Crippen LogP contribution in [0, 0.1) is 0 Å². The molecule has 3 heteroatoms. The lowest BCUT2D eigenvalue weighted by Crippen LogP contribution is -2.34. The molecule has 1 atom stereocenters. The Balaban J connectivity index is 2.13. The molecule has 0 aromatic heterocycles. The summed E-state index contributed by atoms with van der Waals surface area (Å²) in [5.74, 6) is 1.22. The maximum absolute atomic E-state index is 4.36. The Kier molecular flexibility index (Phi) is 3.52. The zero-order valence-corrected chi connectivity index (χ0v) is 7.52. The summed E-state index contributed by atoms with van der Waals surface area (Å²) >= 11 is 2.06. The summed E-state index contributed by atoms with van der Waals surface area (Å²) < 4.78 is 0. The lowest BCUT2D eigenvalue weighted by molar-refractivity contribution is 0.398. The van der Waals surface area contributed by atoms with Gasteiger partial charge in [-0.3, -0.25) is 0 Å². The molecule has 1 radical (unpaired) electrons. The van der Waals surface area contributed by atoms with Gasteiger partial charge in [0.2, 0.25) is 0 Å². The van der Waals surface area contributed by atoms with E-state index in [0.29, 0.717) is 0 Å². The van der Waals surface area contributed by atoms with Gasteiger partial charge in [0, 0.05) is 30.6 Å². The first kappa shape index (κ1) is 8.37. The van der Waals surface area contributed by atoms with Crippen LogP contribution >= 0.6 is 11.8 Å². The highest BCUT2D eigenvalue weighted by Crippen LogP contribution is 2.13. The molecule has 0 aliphatic carbocycles. The Morgan fingerprint density at radius 3 is 2.90 bits per heavy atom. The van der Waals surface area contributed by atoms with E-state index in [0.717, 1.165) is 18.3 Å². The largest absolute Gasteiger partial charge is 0.308 e. The smallest absolute Gasteiger partial charge is 0.0316 e. The summed E-state index contributed by atoms with van der Waals surface area (Å²) in [7, 11) is 4.24. The maximum atomic E-state index is 4.36. The minimum absolute atomic E-state index is 0.753. The van der Waals surface area contributed by atoms with Crippen LogP contribution < -0.4 is 5.32 Å². The summed E-state index contributed by atoms with van der Waals surface area (Å²) in [6, 6.07) is 0. The third-order valence-electron chi connectivity index (χ3n) is 1.50. The average Bonchev–Trinajstić information content (AvgIpc) is 1.88. The minimum atomic E-state index is 0.753. The third kappa shape index (κ3) is 2.90. The highest BCUT2D eigenvalue weighted by atomic mass is 32.2. The highest BCUT2D eigenvalue weighted by Gasteiger charge is 2.14. The minimum Gasteiger partial charge on any atom is -0.308 e. The quantitative estimate of drug-likeness (QED) is 0.575. The van der Waals surface area contributed by atoms with Gasteiger partial charge in [0.1, 0.15) is 0 Å². The fourth-order valence-corrected chi connectivity index (χ4v) is 2.27. The molecule has 0 spiro atoms. The number of thioether (sulfide) groups is 1. The van der Waals surface area contributed by atoms with Crippen LogP contribution in [0.25, 0.3) is 0 Å². The number of rotatable bonds is 2. The second-order valence-electron chi connectivity index (χ2n) is 2.88. The van der Waals surface area contributed by atoms with Crippen LogP contribution in [0.1, 0.15) is 0 Å². The van der Waals surface area contributed by atoms with Crippen molar-refractivity contribution in [1.29, 1.82) is 0 Å². The van der Waals surface area contributed by atoms with E-state index in [1.54, 1.807) is 0 Å². The summed E-state index contributed by atoms with van der Waals surface area (Å²) in [5.41, 5.74) is 0. The van der Waals surface area contributed by atoms with Crippen molar-refractivity contribution in [1.82, 2.24) is 10.2 Å². The van der Waals surface area contributed by atoms with Crippen LogP contribution in [0.5, 0.6) is 0 Å². The van der Waals surface area contributed by atoms with E-state index >= 15 is 0 Å². The molecule has 2 nitrogen and oxygen atoms in total. The van der Waals surface area contributed by atoms with E-state index in [9.17, 15) is 0 Å². The molecule has 0 bridgehead atoms. The Bertz CT molecular complexity index is 89.6. The maximum Gasteiger partial charge on any atom is 0.0316 e. The average molecular weight is 159 g/mol. The molecule has 1 fully saturated rings. The standard InChI is InChI=1S/C7H15N2S/c1-9(2)6-7-5-8-3-4-10-7/h7H,3-6H2,1-2H3.